The van der Waals surface area contributed by atoms with Crippen LogP contribution in [0.4, 0.5) is 5.88 Å². The maximum absolute atomic E-state index is 13.5. The van der Waals surface area contributed by atoms with Crippen LogP contribution in [0, 0.1) is 0 Å². The molecule has 0 unspecified atom stereocenters. The number of oxazole rings is 1. The number of halogens is 1. The quantitative estimate of drug-likeness (QED) is 0.433. The van der Waals surface area contributed by atoms with E-state index in [2.05, 4.69) is 25.8 Å². The van der Waals surface area contributed by atoms with Gasteiger partial charge in [0.2, 0.25) is 26.6 Å². The smallest absolute Gasteiger partial charge is 0.236 e. The second-order valence-electron chi connectivity index (χ2n) is 9.32. The van der Waals surface area contributed by atoms with Gasteiger partial charge >= 0.3 is 0 Å². The van der Waals surface area contributed by atoms with Gasteiger partial charge in [-0.1, -0.05) is 57.3 Å². The molecule has 4 rings (SSSR count). The first kappa shape index (κ1) is 22.9. The largest absolute Gasteiger partial charge is 0.419 e. The van der Waals surface area contributed by atoms with Gasteiger partial charge in [0.15, 0.2) is 0 Å². The molecule has 0 aliphatic carbocycles. The summed E-state index contributed by atoms with van der Waals surface area (Å²) in [7, 11) is -3.87. The molecule has 1 aromatic heterocycles. The topological polar surface area (TPSA) is 63.4 Å². The summed E-state index contributed by atoms with van der Waals surface area (Å²) in [6, 6.07) is 14.1. The highest BCUT2D eigenvalue weighted by Crippen LogP contribution is 2.36. The van der Waals surface area contributed by atoms with Crippen LogP contribution in [0.15, 0.2) is 62.9 Å². The Kier molecular flexibility index (Phi) is 6.37. The molecule has 0 N–H and O–H groups in total. The average molecular weight is 473 g/mol. The SMILES string of the molecule is CC(C)(C)c1ccc(-c2nc(S(=O)(=O)c3ccc(Cl)cc3)c(N3CCCCCC3)o2)cc1. The molecule has 3 aromatic rings. The monoisotopic (exact) mass is 472 g/mol. The highest BCUT2D eigenvalue weighted by atomic mass is 35.5. The van der Waals surface area contributed by atoms with Crippen LogP contribution in [0.1, 0.15) is 52.0 Å². The van der Waals surface area contributed by atoms with Crippen molar-refractivity contribution in [2.45, 2.75) is 61.8 Å². The second-order valence-corrected chi connectivity index (χ2v) is 11.6. The number of hydrogen-bond donors (Lipinski definition) is 0. The van der Waals surface area contributed by atoms with Gasteiger partial charge in [-0.25, -0.2) is 8.42 Å². The summed E-state index contributed by atoms with van der Waals surface area (Å²) in [5, 5.41) is 0.452. The maximum Gasteiger partial charge on any atom is 0.236 e. The number of hydrogen-bond acceptors (Lipinski definition) is 5. The summed E-state index contributed by atoms with van der Waals surface area (Å²) in [6.07, 6.45) is 4.25. The molecule has 5 nitrogen and oxygen atoms in total. The lowest BCUT2D eigenvalue weighted by Crippen LogP contribution is -2.25. The van der Waals surface area contributed by atoms with E-state index in [0.29, 0.717) is 16.8 Å². The van der Waals surface area contributed by atoms with Crippen LogP contribution in [0.3, 0.4) is 0 Å². The Labute approximate surface area is 195 Å². The first-order valence-corrected chi connectivity index (χ1v) is 12.9. The number of benzene rings is 2. The van der Waals surface area contributed by atoms with E-state index in [1.807, 2.05) is 29.2 Å². The third-order valence-corrected chi connectivity index (χ3v) is 7.77. The van der Waals surface area contributed by atoms with Gasteiger partial charge in [-0.3, -0.25) is 0 Å². The van der Waals surface area contributed by atoms with Gasteiger partial charge in [0.1, 0.15) is 0 Å². The van der Waals surface area contributed by atoms with E-state index in [9.17, 15) is 8.42 Å². The number of anilines is 1. The van der Waals surface area contributed by atoms with Crippen LogP contribution in [-0.2, 0) is 15.3 Å². The molecule has 1 fully saturated rings. The van der Waals surface area contributed by atoms with Crippen molar-refractivity contribution in [1.29, 1.82) is 0 Å². The molecule has 0 bridgehead atoms. The number of nitrogens with zero attached hydrogens (tertiary/aromatic N) is 2. The molecule has 2 heterocycles. The van der Waals surface area contributed by atoms with Crippen molar-refractivity contribution in [2.75, 3.05) is 18.0 Å². The summed E-state index contributed by atoms with van der Waals surface area (Å²) in [5.41, 5.74) is 1.97. The molecule has 7 heteroatoms. The normalized spacial score (nSPS) is 15.6. The van der Waals surface area contributed by atoms with Crippen LogP contribution in [0.2, 0.25) is 5.02 Å². The van der Waals surface area contributed by atoms with Crippen LogP contribution < -0.4 is 4.90 Å². The van der Waals surface area contributed by atoms with Crippen molar-refractivity contribution < 1.29 is 12.8 Å². The summed E-state index contributed by atoms with van der Waals surface area (Å²) in [5.74, 6) is 0.647. The number of aromatic nitrogens is 1. The van der Waals surface area contributed by atoms with Gasteiger partial charge in [0.05, 0.1) is 4.90 Å². The van der Waals surface area contributed by atoms with Gasteiger partial charge in [-0.2, -0.15) is 4.98 Å². The highest BCUT2D eigenvalue weighted by Gasteiger charge is 2.31. The number of sulfone groups is 1. The third kappa shape index (κ3) is 4.71. The van der Waals surface area contributed by atoms with Crippen molar-refractivity contribution >= 4 is 27.3 Å². The summed E-state index contributed by atoms with van der Waals surface area (Å²) in [6.45, 7) is 7.96. The molecular formula is C25H29ClN2O3S. The highest BCUT2D eigenvalue weighted by molar-refractivity contribution is 7.91. The van der Waals surface area contributed by atoms with E-state index >= 15 is 0 Å². The van der Waals surface area contributed by atoms with E-state index < -0.39 is 9.84 Å². The fourth-order valence-electron chi connectivity index (χ4n) is 3.91. The number of rotatable bonds is 4. The molecule has 0 saturated carbocycles. The fraction of sp³-hybridized carbons (Fsp3) is 0.400. The van der Waals surface area contributed by atoms with E-state index in [-0.39, 0.29) is 15.3 Å². The standard InChI is InChI=1S/C25H29ClN2O3S/c1-25(2,3)19-10-8-18(9-11-19)22-27-23(24(31-22)28-16-6-4-5-7-17-28)32(29,30)21-14-12-20(26)13-15-21/h8-15H,4-7,16-17H2,1-3H3. The Morgan fingerprint density at radius 1 is 0.906 bits per heavy atom. The summed E-state index contributed by atoms with van der Waals surface area (Å²) >= 11 is 5.97. The van der Waals surface area contributed by atoms with Crippen molar-refractivity contribution in [2.24, 2.45) is 0 Å². The average Bonchev–Trinajstić information content (AvgIpc) is 3.03. The molecule has 32 heavy (non-hydrogen) atoms. The van der Waals surface area contributed by atoms with Crippen LogP contribution in [0.5, 0.6) is 0 Å². The van der Waals surface area contributed by atoms with Gasteiger partial charge < -0.3 is 9.32 Å². The molecule has 1 saturated heterocycles. The molecular weight excluding hydrogens is 444 g/mol. The maximum atomic E-state index is 13.5. The molecule has 170 valence electrons. The van der Waals surface area contributed by atoms with E-state index in [4.69, 9.17) is 16.0 Å². The fourth-order valence-corrected chi connectivity index (χ4v) is 5.36. The predicted octanol–water partition coefficient (Wildman–Crippen LogP) is 6.51. The van der Waals surface area contributed by atoms with E-state index in [1.54, 1.807) is 12.1 Å². The lowest BCUT2D eigenvalue weighted by atomic mass is 9.87. The minimum absolute atomic E-state index is 0.0232. The minimum Gasteiger partial charge on any atom is -0.419 e. The van der Waals surface area contributed by atoms with Crippen LogP contribution in [0.25, 0.3) is 11.5 Å². The molecule has 1 aliphatic rings. The molecule has 0 amide bonds. The van der Waals surface area contributed by atoms with Gasteiger partial charge in [-0.15, -0.1) is 0 Å². The first-order chi connectivity index (χ1) is 15.2. The summed E-state index contributed by atoms with van der Waals surface area (Å²) < 4.78 is 33.2. The molecule has 1 aliphatic heterocycles. The Bertz CT molecular complexity index is 1170. The van der Waals surface area contributed by atoms with Gasteiger partial charge in [-0.05, 0) is 60.2 Å². The van der Waals surface area contributed by atoms with Crippen molar-refractivity contribution in [3.8, 4) is 11.5 Å². The molecule has 2 aromatic carbocycles. The Balaban J connectivity index is 1.81. The summed E-state index contributed by atoms with van der Waals surface area (Å²) in [4.78, 5) is 6.70. The second kappa shape index (κ2) is 8.91. The van der Waals surface area contributed by atoms with Crippen molar-refractivity contribution in [3.63, 3.8) is 0 Å². The third-order valence-electron chi connectivity index (χ3n) is 5.85. The van der Waals surface area contributed by atoms with Crippen LogP contribution >= 0.6 is 11.6 Å². The Hall–Kier alpha value is -2.31. The predicted molar refractivity (Wildman–Crippen MR) is 128 cm³/mol. The van der Waals surface area contributed by atoms with Crippen molar-refractivity contribution in [3.05, 3.63) is 59.1 Å². The zero-order valence-electron chi connectivity index (χ0n) is 18.8. The zero-order valence-corrected chi connectivity index (χ0v) is 20.3. The van der Waals surface area contributed by atoms with Gasteiger partial charge in [0, 0.05) is 23.7 Å². The lowest BCUT2D eigenvalue weighted by molar-refractivity contribution is 0.543. The van der Waals surface area contributed by atoms with Gasteiger partial charge in [0.25, 0.3) is 0 Å². The lowest BCUT2D eigenvalue weighted by Gasteiger charge is -2.20. The molecule has 0 radical (unpaired) electrons. The molecule has 0 atom stereocenters. The van der Waals surface area contributed by atoms with E-state index in [1.165, 1.54) is 17.7 Å². The molecule has 0 spiro atoms. The zero-order chi connectivity index (χ0) is 22.9. The van der Waals surface area contributed by atoms with Crippen molar-refractivity contribution in [1.82, 2.24) is 4.98 Å². The minimum atomic E-state index is -3.87. The van der Waals surface area contributed by atoms with Crippen LogP contribution in [-0.4, -0.2) is 26.5 Å². The van der Waals surface area contributed by atoms with E-state index in [0.717, 1.165) is 44.3 Å². The first-order valence-electron chi connectivity index (χ1n) is 11.0. The Morgan fingerprint density at radius 2 is 1.50 bits per heavy atom. The Morgan fingerprint density at radius 3 is 2.06 bits per heavy atom.